The molecule has 2 atom stereocenters. The zero-order chi connectivity index (χ0) is 14.4. The molecule has 1 aromatic rings. The fourth-order valence-corrected chi connectivity index (χ4v) is 2.89. The van der Waals surface area contributed by atoms with Gasteiger partial charge in [-0.25, -0.2) is 0 Å². The van der Waals surface area contributed by atoms with Gasteiger partial charge in [0, 0.05) is 18.8 Å². The van der Waals surface area contributed by atoms with Gasteiger partial charge in [-0.15, -0.1) is 0 Å². The van der Waals surface area contributed by atoms with E-state index in [1.54, 1.807) is 12.4 Å². The molecule has 110 valence electrons. The van der Waals surface area contributed by atoms with Gasteiger partial charge in [0.1, 0.15) is 0 Å². The minimum atomic E-state index is 0.0245. The van der Waals surface area contributed by atoms with Crippen molar-refractivity contribution in [3.05, 3.63) is 30.1 Å². The summed E-state index contributed by atoms with van der Waals surface area (Å²) in [5, 5.41) is 6.44. The van der Waals surface area contributed by atoms with Crippen molar-refractivity contribution in [3.63, 3.8) is 0 Å². The van der Waals surface area contributed by atoms with E-state index in [9.17, 15) is 4.79 Å². The van der Waals surface area contributed by atoms with Gasteiger partial charge in [-0.1, -0.05) is 13.0 Å². The highest BCUT2D eigenvalue weighted by molar-refractivity contribution is 5.76. The minimum absolute atomic E-state index is 0.0245. The minimum Gasteiger partial charge on any atom is -0.350 e. The molecule has 0 radical (unpaired) electrons. The zero-order valence-electron chi connectivity index (χ0n) is 12.4. The number of rotatable bonds is 5. The normalized spacial score (nSPS) is 19.3. The van der Waals surface area contributed by atoms with E-state index in [1.165, 1.54) is 12.8 Å². The lowest BCUT2D eigenvalue weighted by Crippen LogP contribution is -2.34. The predicted octanol–water partition coefficient (Wildman–Crippen LogP) is 2.28. The lowest BCUT2D eigenvalue weighted by molar-refractivity contribution is -0.123. The molecule has 0 aromatic carbocycles. The molecule has 0 spiro atoms. The Morgan fingerprint density at radius 1 is 1.45 bits per heavy atom. The molecule has 2 N–H and O–H groups in total. The van der Waals surface area contributed by atoms with Crippen LogP contribution in [0.15, 0.2) is 24.5 Å². The molecular weight excluding hydrogens is 250 g/mol. The number of amides is 1. The summed E-state index contributed by atoms with van der Waals surface area (Å²) in [5.74, 6) is 1.28. The van der Waals surface area contributed by atoms with E-state index in [0.717, 1.165) is 18.7 Å². The number of carbonyl (C=O) groups is 1. The molecule has 0 saturated carbocycles. The first-order valence-electron chi connectivity index (χ1n) is 7.57. The van der Waals surface area contributed by atoms with Gasteiger partial charge < -0.3 is 10.6 Å². The molecule has 4 nitrogen and oxygen atoms in total. The van der Waals surface area contributed by atoms with Crippen LogP contribution in [0.25, 0.3) is 0 Å². The number of carbonyl (C=O) groups excluding carboxylic acids is 1. The second kappa shape index (κ2) is 7.39. The molecule has 0 bridgehead atoms. The Morgan fingerprint density at radius 3 is 2.85 bits per heavy atom. The van der Waals surface area contributed by atoms with Crippen molar-refractivity contribution >= 4 is 5.91 Å². The number of piperidine rings is 1. The monoisotopic (exact) mass is 275 g/mol. The Kier molecular flexibility index (Phi) is 5.53. The Bertz CT molecular complexity index is 415. The highest BCUT2D eigenvalue weighted by Crippen LogP contribution is 2.24. The van der Waals surface area contributed by atoms with Gasteiger partial charge in [-0.3, -0.25) is 9.78 Å². The molecule has 0 aliphatic carbocycles. The molecule has 4 heteroatoms. The Labute approximate surface area is 121 Å². The third-order valence-electron chi connectivity index (χ3n) is 4.26. The number of nitrogens with one attached hydrogen (secondary N) is 2. The largest absolute Gasteiger partial charge is 0.350 e. The van der Waals surface area contributed by atoms with Crippen LogP contribution in [0.2, 0.25) is 0 Å². The molecule has 2 unspecified atom stereocenters. The number of hydrogen-bond donors (Lipinski definition) is 2. The molecule has 1 aromatic heterocycles. The van der Waals surface area contributed by atoms with Gasteiger partial charge in [0.15, 0.2) is 0 Å². The Balaban J connectivity index is 1.79. The maximum atomic E-state index is 12.1. The molecule has 20 heavy (non-hydrogen) atoms. The van der Waals surface area contributed by atoms with Crippen molar-refractivity contribution < 1.29 is 4.79 Å². The van der Waals surface area contributed by atoms with Crippen molar-refractivity contribution in [2.75, 3.05) is 13.1 Å². The van der Waals surface area contributed by atoms with Crippen LogP contribution >= 0.6 is 0 Å². The first kappa shape index (κ1) is 15.0. The van der Waals surface area contributed by atoms with Crippen LogP contribution in [0.1, 0.15) is 44.7 Å². The van der Waals surface area contributed by atoms with Gasteiger partial charge in [0.2, 0.25) is 5.91 Å². The van der Waals surface area contributed by atoms with E-state index >= 15 is 0 Å². The second-order valence-electron chi connectivity index (χ2n) is 5.84. The van der Waals surface area contributed by atoms with Crippen LogP contribution in [-0.4, -0.2) is 24.0 Å². The molecule has 1 amide bonds. The summed E-state index contributed by atoms with van der Waals surface area (Å²) in [6.07, 6.45) is 6.55. The van der Waals surface area contributed by atoms with Gasteiger partial charge in [0.05, 0.1) is 6.04 Å². The van der Waals surface area contributed by atoms with Crippen LogP contribution in [0.5, 0.6) is 0 Å². The number of pyridine rings is 1. The standard InChI is InChI=1S/C16H25N3O/c1-12(14-5-8-17-9-6-14)10-16(20)19-13(2)15-4-3-7-18-11-15/h3-4,7,11-14,17H,5-6,8-10H2,1-2H3,(H,19,20). The summed E-state index contributed by atoms with van der Waals surface area (Å²) in [6, 6.07) is 3.92. The van der Waals surface area contributed by atoms with Crippen molar-refractivity contribution in [3.8, 4) is 0 Å². The Hall–Kier alpha value is -1.42. The molecule has 1 saturated heterocycles. The van der Waals surface area contributed by atoms with Crippen molar-refractivity contribution in [2.45, 2.75) is 39.2 Å². The maximum absolute atomic E-state index is 12.1. The summed E-state index contributed by atoms with van der Waals surface area (Å²) >= 11 is 0. The van der Waals surface area contributed by atoms with Crippen LogP contribution in [0, 0.1) is 11.8 Å². The van der Waals surface area contributed by atoms with Gasteiger partial charge in [-0.05, 0) is 56.3 Å². The number of aromatic nitrogens is 1. The molecule has 2 heterocycles. The van der Waals surface area contributed by atoms with Crippen LogP contribution in [-0.2, 0) is 4.79 Å². The lowest BCUT2D eigenvalue weighted by Gasteiger charge is -2.28. The predicted molar refractivity (Wildman–Crippen MR) is 80.2 cm³/mol. The number of hydrogen-bond acceptors (Lipinski definition) is 3. The molecule has 1 aliphatic rings. The second-order valence-corrected chi connectivity index (χ2v) is 5.84. The molecular formula is C16H25N3O. The summed E-state index contributed by atoms with van der Waals surface area (Å²) < 4.78 is 0. The highest BCUT2D eigenvalue weighted by atomic mass is 16.1. The zero-order valence-corrected chi connectivity index (χ0v) is 12.4. The van der Waals surface area contributed by atoms with Crippen LogP contribution in [0.3, 0.4) is 0 Å². The van der Waals surface area contributed by atoms with E-state index in [0.29, 0.717) is 18.3 Å². The van der Waals surface area contributed by atoms with E-state index < -0.39 is 0 Å². The summed E-state index contributed by atoms with van der Waals surface area (Å²) in [5.41, 5.74) is 1.05. The van der Waals surface area contributed by atoms with E-state index in [1.807, 2.05) is 19.1 Å². The first-order valence-corrected chi connectivity index (χ1v) is 7.57. The highest BCUT2D eigenvalue weighted by Gasteiger charge is 2.22. The lowest BCUT2D eigenvalue weighted by atomic mass is 9.84. The fraction of sp³-hybridized carbons (Fsp3) is 0.625. The van der Waals surface area contributed by atoms with E-state index in [-0.39, 0.29) is 11.9 Å². The smallest absolute Gasteiger partial charge is 0.220 e. The van der Waals surface area contributed by atoms with E-state index in [4.69, 9.17) is 0 Å². The van der Waals surface area contributed by atoms with Crippen molar-refractivity contribution in [1.82, 2.24) is 15.6 Å². The fourth-order valence-electron chi connectivity index (χ4n) is 2.89. The van der Waals surface area contributed by atoms with Crippen LogP contribution in [0.4, 0.5) is 0 Å². The third-order valence-corrected chi connectivity index (χ3v) is 4.26. The van der Waals surface area contributed by atoms with Crippen molar-refractivity contribution in [1.29, 1.82) is 0 Å². The summed E-state index contributed by atoms with van der Waals surface area (Å²) in [7, 11) is 0. The maximum Gasteiger partial charge on any atom is 0.220 e. The first-order chi connectivity index (χ1) is 9.66. The SMILES string of the molecule is CC(NC(=O)CC(C)C1CCNCC1)c1cccnc1. The van der Waals surface area contributed by atoms with Gasteiger partial charge in [-0.2, -0.15) is 0 Å². The van der Waals surface area contributed by atoms with E-state index in [2.05, 4.69) is 22.5 Å². The number of nitrogens with zero attached hydrogens (tertiary/aromatic N) is 1. The molecule has 2 rings (SSSR count). The van der Waals surface area contributed by atoms with Gasteiger partial charge in [0.25, 0.3) is 0 Å². The van der Waals surface area contributed by atoms with Crippen molar-refractivity contribution in [2.24, 2.45) is 11.8 Å². The third kappa shape index (κ3) is 4.30. The van der Waals surface area contributed by atoms with Crippen LogP contribution < -0.4 is 10.6 Å². The summed E-state index contributed by atoms with van der Waals surface area (Å²) in [6.45, 7) is 6.37. The average Bonchev–Trinajstić information content (AvgIpc) is 2.49. The topological polar surface area (TPSA) is 54.0 Å². The summed E-state index contributed by atoms with van der Waals surface area (Å²) in [4.78, 5) is 16.2. The Morgan fingerprint density at radius 2 is 2.20 bits per heavy atom. The van der Waals surface area contributed by atoms with Gasteiger partial charge >= 0.3 is 0 Å². The average molecular weight is 275 g/mol. The molecule has 1 aliphatic heterocycles. The molecule has 1 fully saturated rings. The quantitative estimate of drug-likeness (QED) is 0.867.